The minimum absolute atomic E-state index is 0.117. The smallest absolute Gasteiger partial charge is 0.410 e. The van der Waals surface area contributed by atoms with Gasteiger partial charge in [0.1, 0.15) is 11.4 Å². The number of ether oxygens (including phenoxy) is 1. The van der Waals surface area contributed by atoms with Gasteiger partial charge in [0.15, 0.2) is 5.65 Å². The van der Waals surface area contributed by atoms with Crippen LogP contribution < -0.4 is 0 Å². The van der Waals surface area contributed by atoms with Gasteiger partial charge in [0.05, 0.1) is 17.9 Å². The van der Waals surface area contributed by atoms with Crippen molar-refractivity contribution in [2.24, 2.45) is 0 Å². The van der Waals surface area contributed by atoms with Crippen molar-refractivity contribution in [2.75, 3.05) is 13.1 Å². The van der Waals surface area contributed by atoms with Gasteiger partial charge in [-0.2, -0.15) is 5.10 Å². The molecular weight excluding hydrogens is 445 g/mol. The Hall–Kier alpha value is -3.81. The molecule has 1 amide bonds. The highest BCUT2D eigenvalue weighted by Gasteiger charge is 2.29. The Morgan fingerprint density at radius 1 is 1.03 bits per heavy atom. The number of halogens is 1. The van der Waals surface area contributed by atoms with E-state index in [0.717, 1.165) is 46.3 Å². The van der Waals surface area contributed by atoms with Crippen molar-refractivity contribution < 1.29 is 13.9 Å². The predicted molar refractivity (Wildman–Crippen MR) is 132 cm³/mol. The van der Waals surface area contributed by atoms with Gasteiger partial charge in [-0.1, -0.05) is 0 Å². The molecule has 1 saturated heterocycles. The molecule has 0 aliphatic carbocycles. The molecular formula is C27H28FN5O2. The molecule has 0 radical (unpaired) electrons. The number of aromatic nitrogens is 4. The summed E-state index contributed by atoms with van der Waals surface area (Å²) in [4.78, 5) is 23.4. The van der Waals surface area contributed by atoms with Crippen molar-refractivity contribution in [3.05, 3.63) is 66.9 Å². The Bertz CT molecular complexity index is 1340. The highest BCUT2D eigenvalue weighted by atomic mass is 19.1. The van der Waals surface area contributed by atoms with Crippen LogP contribution in [-0.4, -0.2) is 49.4 Å². The molecule has 3 aromatic heterocycles. The quantitative estimate of drug-likeness (QED) is 0.372. The number of carbonyl (C=O) groups is 1. The summed E-state index contributed by atoms with van der Waals surface area (Å²) in [5.74, 6) is -0.290. The number of rotatable bonds is 3. The summed E-state index contributed by atoms with van der Waals surface area (Å²) < 4.78 is 21.1. The lowest BCUT2D eigenvalue weighted by Gasteiger charge is -2.33. The summed E-state index contributed by atoms with van der Waals surface area (Å²) in [5.41, 5.74) is 3.76. The van der Waals surface area contributed by atoms with Gasteiger partial charge in [0.2, 0.25) is 0 Å². The number of hydrogen-bond acceptors (Lipinski definition) is 5. The van der Waals surface area contributed by atoms with Crippen LogP contribution in [0.3, 0.4) is 0 Å². The van der Waals surface area contributed by atoms with E-state index in [1.807, 2.05) is 43.8 Å². The first kappa shape index (κ1) is 23.0. The third-order valence-corrected chi connectivity index (χ3v) is 6.14. The number of amides is 1. The highest BCUT2D eigenvalue weighted by molar-refractivity contribution is 5.90. The van der Waals surface area contributed by atoms with E-state index in [1.54, 1.807) is 29.4 Å². The van der Waals surface area contributed by atoms with E-state index in [0.29, 0.717) is 13.1 Å². The molecule has 1 fully saturated rings. The summed E-state index contributed by atoms with van der Waals surface area (Å²) in [7, 11) is 0. The summed E-state index contributed by atoms with van der Waals surface area (Å²) in [5, 5.41) is 5.61. The Kier molecular flexibility index (Phi) is 5.96. The van der Waals surface area contributed by atoms with Crippen LogP contribution in [0.5, 0.6) is 0 Å². The summed E-state index contributed by atoms with van der Waals surface area (Å²) in [6, 6.07) is 12.5. The van der Waals surface area contributed by atoms with Crippen LogP contribution in [-0.2, 0) is 4.74 Å². The maximum atomic E-state index is 13.6. The zero-order chi connectivity index (χ0) is 24.6. The van der Waals surface area contributed by atoms with Crippen molar-refractivity contribution in [3.8, 4) is 22.4 Å². The van der Waals surface area contributed by atoms with Crippen LogP contribution >= 0.6 is 0 Å². The number of hydrogen-bond donors (Lipinski definition) is 0. The van der Waals surface area contributed by atoms with Crippen molar-refractivity contribution in [2.45, 2.75) is 45.3 Å². The molecule has 0 spiro atoms. The molecule has 1 aromatic carbocycles. The summed E-state index contributed by atoms with van der Waals surface area (Å²) in [6.07, 6.45) is 6.57. The lowest BCUT2D eigenvalue weighted by Crippen LogP contribution is -2.42. The van der Waals surface area contributed by atoms with Gasteiger partial charge in [-0.15, -0.1) is 0 Å². The molecule has 180 valence electrons. The van der Waals surface area contributed by atoms with Crippen LogP contribution in [0.25, 0.3) is 33.4 Å². The van der Waals surface area contributed by atoms with Gasteiger partial charge >= 0.3 is 6.09 Å². The van der Waals surface area contributed by atoms with Gasteiger partial charge in [-0.05, 0) is 81.6 Å². The Labute approximate surface area is 203 Å². The number of benzene rings is 1. The van der Waals surface area contributed by atoms with E-state index in [1.165, 1.54) is 12.1 Å². The van der Waals surface area contributed by atoms with E-state index in [9.17, 15) is 9.18 Å². The number of pyridine rings is 2. The van der Waals surface area contributed by atoms with E-state index < -0.39 is 5.60 Å². The van der Waals surface area contributed by atoms with Crippen LogP contribution in [0, 0.1) is 5.82 Å². The van der Waals surface area contributed by atoms with Crippen LogP contribution in [0.2, 0.25) is 0 Å². The minimum atomic E-state index is -0.515. The van der Waals surface area contributed by atoms with Crippen molar-refractivity contribution in [3.63, 3.8) is 0 Å². The molecule has 0 atom stereocenters. The third-order valence-electron chi connectivity index (χ3n) is 6.14. The van der Waals surface area contributed by atoms with Crippen molar-refractivity contribution in [1.82, 2.24) is 24.6 Å². The zero-order valence-electron chi connectivity index (χ0n) is 20.1. The van der Waals surface area contributed by atoms with Gasteiger partial charge < -0.3 is 9.64 Å². The lowest BCUT2D eigenvalue weighted by molar-refractivity contribution is 0.0186. The molecule has 1 aliphatic rings. The third kappa shape index (κ3) is 4.87. The van der Waals surface area contributed by atoms with E-state index in [-0.39, 0.29) is 18.0 Å². The zero-order valence-corrected chi connectivity index (χ0v) is 20.1. The molecule has 0 unspecified atom stereocenters. The molecule has 1 aliphatic heterocycles. The van der Waals surface area contributed by atoms with Gasteiger partial charge in [0.25, 0.3) is 0 Å². The molecule has 4 heterocycles. The van der Waals surface area contributed by atoms with Crippen molar-refractivity contribution in [1.29, 1.82) is 0 Å². The SMILES string of the molecule is CC(C)(C)OC(=O)N1CCC(n2ncc3cc(-c4ccncc4)c(-c4ccc(F)cc4)nc32)CC1. The van der Waals surface area contributed by atoms with Crippen molar-refractivity contribution >= 4 is 17.1 Å². The molecule has 0 saturated carbocycles. The van der Waals surface area contributed by atoms with Gasteiger partial charge in [0, 0.05) is 42.0 Å². The Morgan fingerprint density at radius 2 is 1.71 bits per heavy atom. The first-order chi connectivity index (χ1) is 16.8. The second kappa shape index (κ2) is 9.09. The molecule has 7 nitrogen and oxygen atoms in total. The normalized spacial score (nSPS) is 14.9. The van der Waals surface area contributed by atoms with Gasteiger partial charge in [-0.3, -0.25) is 4.98 Å². The summed E-state index contributed by atoms with van der Waals surface area (Å²) in [6.45, 7) is 6.82. The highest BCUT2D eigenvalue weighted by Crippen LogP contribution is 2.35. The molecule has 0 N–H and O–H groups in total. The Balaban J connectivity index is 1.48. The maximum absolute atomic E-state index is 13.6. The first-order valence-corrected chi connectivity index (χ1v) is 11.8. The molecule has 8 heteroatoms. The molecule has 0 bridgehead atoms. The fourth-order valence-electron chi connectivity index (χ4n) is 4.44. The largest absolute Gasteiger partial charge is 0.444 e. The summed E-state index contributed by atoms with van der Waals surface area (Å²) >= 11 is 0. The Morgan fingerprint density at radius 3 is 2.37 bits per heavy atom. The van der Waals surface area contributed by atoms with Crippen LogP contribution in [0.4, 0.5) is 9.18 Å². The predicted octanol–water partition coefficient (Wildman–Crippen LogP) is 5.87. The molecule has 35 heavy (non-hydrogen) atoms. The maximum Gasteiger partial charge on any atom is 0.410 e. The second-order valence-electron chi connectivity index (χ2n) is 9.83. The topological polar surface area (TPSA) is 73.1 Å². The van der Waals surface area contributed by atoms with E-state index >= 15 is 0 Å². The number of likely N-dealkylation sites (tertiary alicyclic amines) is 1. The minimum Gasteiger partial charge on any atom is -0.444 e. The second-order valence-corrected chi connectivity index (χ2v) is 9.83. The van der Waals surface area contributed by atoms with Crippen LogP contribution in [0.15, 0.2) is 61.1 Å². The average Bonchev–Trinajstić information content (AvgIpc) is 3.26. The first-order valence-electron chi connectivity index (χ1n) is 11.8. The van der Waals surface area contributed by atoms with Crippen LogP contribution in [0.1, 0.15) is 39.7 Å². The average molecular weight is 474 g/mol. The lowest BCUT2D eigenvalue weighted by atomic mass is 9.99. The number of carbonyl (C=O) groups excluding carboxylic acids is 1. The monoisotopic (exact) mass is 473 g/mol. The van der Waals surface area contributed by atoms with Gasteiger partial charge in [-0.25, -0.2) is 18.9 Å². The van der Waals surface area contributed by atoms with E-state index in [4.69, 9.17) is 9.72 Å². The standard InChI is InChI=1S/C27H28FN5O2/c1-27(2,3)35-26(34)32-14-10-22(11-15-32)33-25-20(17-30-33)16-23(18-8-12-29-13-9-18)24(31-25)19-4-6-21(28)7-5-19/h4-9,12-13,16-17,22H,10-11,14-15H2,1-3H3. The number of nitrogens with zero attached hydrogens (tertiary/aromatic N) is 5. The van der Waals surface area contributed by atoms with E-state index in [2.05, 4.69) is 16.1 Å². The fraction of sp³-hybridized carbons (Fsp3) is 0.333. The number of piperidine rings is 1. The number of fused-ring (bicyclic) bond motifs is 1. The fourth-order valence-corrected chi connectivity index (χ4v) is 4.44. The molecule has 5 rings (SSSR count). The molecule has 4 aromatic rings.